The molecule has 0 saturated heterocycles. The van der Waals surface area contributed by atoms with E-state index in [1.807, 2.05) is 72.8 Å². The molecule has 0 fully saturated rings. The van der Waals surface area contributed by atoms with Gasteiger partial charge in [0.25, 0.3) is 0 Å². The minimum atomic E-state index is -0.479. The first-order valence-electron chi connectivity index (χ1n) is 8.83. The van der Waals surface area contributed by atoms with Crippen molar-refractivity contribution < 1.29 is 14.3 Å². The van der Waals surface area contributed by atoms with Crippen LogP contribution in [0.1, 0.15) is 16.7 Å². The second-order valence-electron chi connectivity index (χ2n) is 6.33. The van der Waals surface area contributed by atoms with Gasteiger partial charge in [-0.3, -0.25) is 0 Å². The number of cyclic esters (lactones) is 1. The topological polar surface area (TPSA) is 47.9 Å². The SMILES string of the molecule is O=C1OC(c2ccc(Br)cc2)=N/C1=C\c1cccc(OCc2cccc(Cl)c2)c1. The van der Waals surface area contributed by atoms with Crippen LogP contribution in [0.4, 0.5) is 0 Å². The molecule has 0 radical (unpaired) electrons. The Balaban J connectivity index is 1.51. The predicted octanol–water partition coefficient (Wildman–Crippen LogP) is 6.03. The first kappa shape index (κ1) is 19.4. The fraction of sp³-hybridized carbons (Fsp3) is 0.0435. The Hall–Kier alpha value is -2.89. The molecular weight excluding hydrogens is 454 g/mol. The highest BCUT2D eigenvalue weighted by Gasteiger charge is 2.24. The van der Waals surface area contributed by atoms with E-state index in [0.29, 0.717) is 23.3 Å². The van der Waals surface area contributed by atoms with Crippen LogP contribution in [0.3, 0.4) is 0 Å². The van der Waals surface area contributed by atoms with Crippen LogP contribution >= 0.6 is 27.5 Å². The average molecular weight is 469 g/mol. The van der Waals surface area contributed by atoms with Gasteiger partial charge in [0, 0.05) is 15.1 Å². The van der Waals surface area contributed by atoms with Gasteiger partial charge >= 0.3 is 5.97 Å². The van der Waals surface area contributed by atoms with Crippen molar-refractivity contribution >= 4 is 45.5 Å². The number of nitrogens with zero attached hydrogens (tertiary/aromatic N) is 1. The molecule has 4 rings (SSSR count). The van der Waals surface area contributed by atoms with Gasteiger partial charge in [-0.2, -0.15) is 0 Å². The summed E-state index contributed by atoms with van der Waals surface area (Å²) in [4.78, 5) is 16.5. The molecule has 1 aliphatic heterocycles. The van der Waals surface area contributed by atoms with Crippen molar-refractivity contribution in [3.8, 4) is 5.75 Å². The molecule has 29 heavy (non-hydrogen) atoms. The third kappa shape index (κ3) is 4.94. The van der Waals surface area contributed by atoms with Crippen molar-refractivity contribution in [2.45, 2.75) is 6.61 Å². The van der Waals surface area contributed by atoms with Crippen molar-refractivity contribution in [2.75, 3.05) is 0 Å². The Morgan fingerprint density at radius 1 is 1.03 bits per heavy atom. The van der Waals surface area contributed by atoms with Crippen LogP contribution in [0.25, 0.3) is 6.08 Å². The van der Waals surface area contributed by atoms with E-state index in [1.165, 1.54) is 0 Å². The monoisotopic (exact) mass is 467 g/mol. The van der Waals surface area contributed by atoms with Crippen LogP contribution in [-0.2, 0) is 16.1 Å². The fourth-order valence-electron chi connectivity index (χ4n) is 2.77. The molecule has 0 spiro atoms. The highest BCUT2D eigenvalue weighted by atomic mass is 79.9. The number of esters is 1. The summed E-state index contributed by atoms with van der Waals surface area (Å²) in [5.74, 6) is 0.498. The highest BCUT2D eigenvalue weighted by molar-refractivity contribution is 9.10. The van der Waals surface area contributed by atoms with Crippen LogP contribution in [0.15, 0.2) is 88.0 Å². The van der Waals surface area contributed by atoms with E-state index in [9.17, 15) is 4.79 Å². The number of hydrogen-bond acceptors (Lipinski definition) is 4. The van der Waals surface area contributed by atoms with E-state index in [-0.39, 0.29) is 5.70 Å². The first-order valence-corrected chi connectivity index (χ1v) is 10.00. The number of benzene rings is 3. The van der Waals surface area contributed by atoms with E-state index in [0.717, 1.165) is 21.2 Å². The highest BCUT2D eigenvalue weighted by Crippen LogP contribution is 2.23. The molecule has 6 heteroatoms. The van der Waals surface area contributed by atoms with Crippen molar-refractivity contribution in [1.29, 1.82) is 0 Å². The lowest BCUT2D eigenvalue weighted by Crippen LogP contribution is -2.05. The normalized spacial score (nSPS) is 14.6. The molecule has 0 saturated carbocycles. The van der Waals surface area contributed by atoms with E-state index >= 15 is 0 Å². The summed E-state index contributed by atoms with van der Waals surface area (Å²) in [6.45, 7) is 0.397. The lowest BCUT2D eigenvalue weighted by atomic mass is 10.2. The maximum Gasteiger partial charge on any atom is 0.363 e. The molecule has 0 N–H and O–H groups in total. The molecule has 1 heterocycles. The summed E-state index contributed by atoms with van der Waals surface area (Å²) in [7, 11) is 0. The van der Waals surface area contributed by atoms with Gasteiger partial charge in [-0.25, -0.2) is 9.79 Å². The summed E-state index contributed by atoms with van der Waals surface area (Å²) in [5, 5.41) is 0.670. The molecule has 0 unspecified atom stereocenters. The quantitative estimate of drug-likeness (QED) is 0.339. The van der Waals surface area contributed by atoms with Gasteiger partial charge in [-0.15, -0.1) is 0 Å². The number of carbonyl (C=O) groups is 1. The summed E-state index contributed by atoms with van der Waals surface area (Å²) in [5.41, 5.74) is 2.75. The summed E-state index contributed by atoms with van der Waals surface area (Å²) in [6.07, 6.45) is 1.68. The van der Waals surface area contributed by atoms with Gasteiger partial charge in [0.05, 0.1) is 0 Å². The van der Waals surface area contributed by atoms with Gasteiger partial charge in [0.2, 0.25) is 5.90 Å². The van der Waals surface area contributed by atoms with Gasteiger partial charge in [0.1, 0.15) is 12.4 Å². The first-order chi connectivity index (χ1) is 14.1. The smallest absolute Gasteiger partial charge is 0.363 e. The van der Waals surface area contributed by atoms with E-state index in [1.54, 1.807) is 6.08 Å². The Labute approximate surface area is 181 Å². The Morgan fingerprint density at radius 2 is 1.83 bits per heavy atom. The largest absolute Gasteiger partial charge is 0.489 e. The van der Waals surface area contributed by atoms with Gasteiger partial charge in [-0.1, -0.05) is 51.8 Å². The zero-order valence-corrected chi connectivity index (χ0v) is 17.5. The minimum absolute atomic E-state index is 0.245. The molecule has 0 aromatic heterocycles. The maximum absolute atomic E-state index is 12.2. The number of rotatable bonds is 5. The van der Waals surface area contributed by atoms with Crippen molar-refractivity contribution in [3.05, 3.63) is 105 Å². The second kappa shape index (κ2) is 8.64. The molecule has 0 atom stereocenters. The van der Waals surface area contributed by atoms with Crippen molar-refractivity contribution in [3.63, 3.8) is 0 Å². The number of halogens is 2. The van der Waals surface area contributed by atoms with Crippen LogP contribution in [0, 0.1) is 0 Å². The molecule has 1 aliphatic rings. The third-order valence-electron chi connectivity index (χ3n) is 4.17. The number of ether oxygens (including phenoxy) is 2. The Kier molecular flexibility index (Phi) is 5.79. The Bertz CT molecular complexity index is 1120. The summed E-state index contributed by atoms with van der Waals surface area (Å²) in [6, 6.07) is 22.4. The van der Waals surface area contributed by atoms with E-state index < -0.39 is 5.97 Å². The molecule has 3 aromatic rings. The molecule has 4 nitrogen and oxygen atoms in total. The van der Waals surface area contributed by atoms with Crippen LogP contribution in [0.5, 0.6) is 5.75 Å². The molecule has 144 valence electrons. The summed E-state index contributed by atoms with van der Waals surface area (Å²) < 4.78 is 12.1. The third-order valence-corrected chi connectivity index (χ3v) is 4.93. The standard InChI is InChI=1S/C23H15BrClNO3/c24-18-9-7-17(8-10-18)22-26-21(23(27)29-22)13-15-3-2-6-20(12-15)28-14-16-4-1-5-19(25)11-16/h1-13H,14H2/b21-13-. The second-order valence-corrected chi connectivity index (χ2v) is 7.69. The maximum atomic E-state index is 12.2. The zero-order chi connectivity index (χ0) is 20.2. The van der Waals surface area contributed by atoms with Crippen LogP contribution in [0.2, 0.25) is 5.02 Å². The van der Waals surface area contributed by atoms with E-state index in [2.05, 4.69) is 20.9 Å². The van der Waals surface area contributed by atoms with Gasteiger partial charge < -0.3 is 9.47 Å². The number of carbonyl (C=O) groups excluding carboxylic acids is 1. The average Bonchev–Trinajstić information content (AvgIpc) is 3.08. The Morgan fingerprint density at radius 3 is 2.62 bits per heavy atom. The van der Waals surface area contributed by atoms with Crippen LogP contribution in [-0.4, -0.2) is 11.9 Å². The molecule has 3 aromatic carbocycles. The molecule has 0 aliphatic carbocycles. The lowest BCUT2D eigenvalue weighted by Gasteiger charge is -2.07. The predicted molar refractivity (Wildman–Crippen MR) is 117 cm³/mol. The zero-order valence-electron chi connectivity index (χ0n) is 15.1. The molecule has 0 bridgehead atoms. The lowest BCUT2D eigenvalue weighted by molar-refractivity contribution is -0.129. The van der Waals surface area contributed by atoms with Gasteiger partial charge in [0.15, 0.2) is 5.70 Å². The molecule has 0 amide bonds. The minimum Gasteiger partial charge on any atom is -0.489 e. The summed E-state index contributed by atoms with van der Waals surface area (Å²) >= 11 is 9.38. The van der Waals surface area contributed by atoms with Crippen molar-refractivity contribution in [2.24, 2.45) is 4.99 Å². The fourth-order valence-corrected chi connectivity index (χ4v) is 3.25. The van der Waals surface area contributed by atoms with Crippen LogP contribution < -0.4 is 4.74 Å². The molecular formula is C23H15BrClNO3. The number of aliphatic imine (C=N–C) groups is 1. The van der Waals surface area contributed by atoms with E-state index in [4.69, 9.17) is 21.1 Å². The number of hydrogen-bond donors (Lipinski definition) is 0. The van der Waals surface area contributed by atoms with Crippen molar-refractivity contribution in [1.82, 2.24) is 0 Å². The van der Waals surface area contributed by atoms with Gasteiger partial charge in [-0.05, 0) is 65.7 Å².